The van der Waals surface area contributed by atoms with Crippen LogP contribution in [0, 0.1) is 11.6 Å². The summed E-state index contributed by atoms with van der Waals surface area (Å²) in [5.74, 6) is -1.67. The second-order valence-corrected chi connectivity index (χ2v) is 4.64. The van der Waals surface area contributed by atoms with Crippen molar-refractivity contribution in [2.24, 2.45) is 0 Å². The molecule has 0 amide bonds. The van der Waals surface area contributed by atoms with Crippen LogP contribution in [0.1, 0.15) is 0 Å². The van der Waals surface area contributed by atoms with Crippen molar-refractivity contribution in [1.29, 1.82) is 0 Å². The molecule has 1 aromatic carbocycles. The predicted octanol–water partition coefficient (Wildman–Crippen LogP) is 2.43. The third-order valence-corrected chi connectivity index (χ3v) is 3.54. The van der Waals surface area contributed by atoms with Gasteiger partial charge in [-0.05, 0) is 12.1 Å². The summed E-state index contributed by atoms with van der Waals surface area (Å²) in [4.78, 5) is 16.9. The number of rotatable bonds is 2. The van der Waals surface area contributed by atoms with E-state index in [-0.39, 0.29) is 20.6 Å². The molecule has 0 saturated carbocycles. The van der Waals surface area contributed by atoms with E-state index >= 15 is 0 Å². The van der Waals surface area contributed by atoms with E-state index in [9.17, 15) is 13.6 Å². The van der Waals surface area contributed by atoms with Crippen LogP contribution in [0.4, 0.5) is 14.5 Å². The number of hydrogen-bond acceptors (Lipinski definition) is 4. The highest BCUT2D eigenvalue weighted by Gasteiger charge is 2.15. The number of nitrogens with zero attached hydrogens (tertiary/aromatic N) is 1. The third kappa shape index (κ3) is 2.46. The van der Waals surface area contributed by atoms with Crippen molar-refractivity contribution in [1.82, 2.24) is 9.97 Å². The molecule has 0 aliphatic rings. The maximum Gasteiger partial charge on any atom is 0.270 e. The van der Waals surface area contributed by atoms with E-state index in [1.54, 1.807) is 0 Å². The van der Waals surface area contributed by atoms with Gasteiger partial charge in [-0.25, -0.2) is 13.8 Å². The number of H-pyrrole nitrogens is 1. The molecule has 0 radical (unpaired) electrons. The molecule has 4 nitrogen and oxygen atoms in total. The molecule has 1 heterocycles. The zero-order valence-electron chi connectivity index (χ0n) is 8.71. The SMILES string of the molecule is Nc1cc(F)c(Sc2nc[nH]c(=O)c2Cl)c(F)c1. The van der Waals surface area contributed by atoms with Crippen LogP contribution < -0.4 is 11.3 Å². The zero-order chi connectivity index (χ0) is 13.3. The Bertz CT molecular complexity index is 639. The number of aromatic amines is 1. The van der Waals surface area contributed by atoms with Gasteiger partial charge in [0.15, 0.2) is 0 Å². The van der Waals surface area contributed by atoms with E-state index in [4.69, 9.17) is 17.3 Å². The molecule has 0 unspecified atom stereocenters. The van der Waals surface area contributed by atoms with Crippen molar-refractivity contribution in [2.75, 3.05) is 5.73 Å². The molecule has 0 aliphatic heterocycles. The van der Waals surface area contributed by atoms with E-state index in [2.05, 4.69) is 9.97 Å². The molecule has 0 atom stereocenters. The van der Waals surface area contributed by atoms with Gasteiger partial charge in [0, 0.05) is 5.69 Å². The number of halogens is 3. The summed E-state index contributed by atoms with van der Waals surface area (Å²) in [7, 11) is 0. The number of nitrogen functional groups attached to an aromatic ring is 1. The average molecular weight is 290 g/mol. The fraction of sp³-hybridized carbons (Fsp3) is 0. The van der Waals surface area contributed by atoms with Gasteiger partial charge in [0.1, 0.15) is 21.7 Å². The maximum atomic E-state index is 13.5. The lowest BCUT2D eigenvalue weighted by Gasteiger charge is -2.05. The number of benzene rings is 1. The Balaban J connectivity index is 2.47. The fourth-order valence-corrected chi connectivity index (χ4v) is 2.22. The number of aromatic nitrogens is 2. The van der Waals surface area contributed by atoms with Gasteiger partial charge in [0.2, 0.25) is 0 Å². The number of nitrogens with one attached hydrogen (secondary N) is 1. The number of anilines is 1. The van der Waals surface area contributed by atoms with Crippen molar-refractivity contribution in [3.05, 3.63) is 45.5 Å². The van der Waals surface area contributed by atoms with Gasteiger partial charge in [-0.15, -0.1) is 0 Å². The summed E-state index contributed by atoms with van der Waals surface area (Å²) in [5, 5.41) is -0.207. The van der Waals surface area contributed by atoms with E-state index < -0.39 is 17.2 Å². The van der Waals surface area contributed by atoms with Crippen LogP contribution in [0.25, 0.3) is 0 Å². The molecule has 1 aromatic heterocycles. The molecule has 0 spiro atoms. The lowest BCUT2D eigenvalue weighted by molar-refractivity contribution is 0.541. The highest BCUT2D eigenvalue weighted by molar-refractivity contribution is 7.99. The maximum absolute atomic E-state index is 13.5. The van der Waals surface area contributed by atoms with Crippen molar-refractivity contribution >= 4 is 29.1 Å². The molecule has 0 saturated heterocycles. The highest BCUT2D eigenvalue weighted by Crippen LogP contribution is 2.34. The summed E-state index contributed by atoms with van der Waals surface area (Å²) in [5.41, 5.74) is 4.68. The summed E-state index contributed by atoms with van der Waals surface area (Å²) < 4.78 is 27.1. The van der Waals surface area contributed by atoms with E-state index in [0.29, 0.717) is 11.8 Å². The second kappa shape index (κ2) is 4.95. The van der Waals surface area contributed by atoms with Gasteiger partial charge in [-0.3, -0.25) is 4.79 Å². The van der Waals surface area contributed by atoms with Crippen LogP contribution in [0.3, 0.4) is 0 Å². The number of hydrogen-bond donors (Lipinski definition) is 2. The molecule has 94 valence electrons. The van der Waals surface area contributed by atoms with Crippen LogP contribution >= 0.6 is 23.4 Å². The molecule has 0 aliphatic carbocycles. The standard InChI is InChI=1S/C10H6ClF2N3OS/c11-7-9(17)15-3-16-10(7)18-8-5(12)1-4(14)2-6(8)13/h1-3H,14H2,(H,15,16,17). The van der Waals surface area contributed by atoms with Gasteiger partial charge in [-0.2, -0.15) is 0 Å². The molecule has 18 heavy (non-hydrogen) atoms. The third-order valence-electron chi connectivity index (χ3n) is 1.98. The quantitative estimate of drug-likeness (QED) is 0.658. The predicted molar refractivity (Wildman–Crippen MR) is 64.8 cm³/mol. The topological polar surface area (TPSA) is 71.8 Å². The van der Waals surface area contributed by atoms with E-state index in [0.717, 1.165) is 18.5 Å². The first-order chi connectivity index (χ1) is 8.49. The summed E-state index contributed by atoms with van der Waals surface area (Å²) in [6, 6.07) is 1.96. The minimum atomic E-state index is -0.837. The Labute approximate surface area is 109 Å². The molecule has 0 bridgehead atoms. The molecule has 8 heteroatoms. The van der Waals surface area contributed by atoms with Crippen molar-refractivity contribution in [2.45, 2.75) is 9.92 Å². The minimum Gasteiger partial charge on any atom is -0.399 e. The molecular weight excluding hydrogens is 284 g/mol. The van der Waals surface area contributed by atoms with Gasteiger partial charge in [0.05, 0.1) is 11.2 Å². The Morgan fingerprint density at radius 1 is 1.33 bits per heavy atom. The van der Waals surface area contributed by atoms with Gasteiger partial charge in [0.25, 0.3) is 5.56 Å². The molecule has 2 rings (SSSR count). The Morgan fingerprint density at radius 3 is 2.56 bits per heavy atom. The van der Waals surface area contributed by atoms with E-state index in [1.165, 1.54) is 0 Å². The molecule has 3 N–H and O–H groups in total. The van der Waals surface area contributed by atoms with Crippen LogP contribution in [-0.2, 0) is 0 Å². The Morgan fingerprint density at radius 2 is 1.94 bits per heavy atom. The van der Waals surface area contributed by atoms with E-state index in [1.807, 2.05) is 0 Å². The fourth-order valence-electron chi connectivity index (χ4n) is 1.21. The Kier molecular flexibility index (Phi) is 3.53. The molecular formula is C10H6ClF2N3OS. The second-order valence-electron chi connectivity index (χ2n) is 3.27. The zero-order valence-corrected chi connectivity index (χ0v) is 10.3. The van der Waals surface area contributed by atoms with Crippen molar-refractivity contribution in [3.63, 3.8) is 0 Å². The Hall–Kier alpha value is -1.60. The molecule has 0 fully saturated rings. The van der Waals surface area contributed by atoms with Gasteiger partial charge in [-0.1, -0.05) is 23.4 Å². The normalized spacial score (nSPS) is 10.6. The lowest BCUT2D eigenvalue weighted by Crippen LogP contribution is -2.07. The number of nitrogens with two attached hydrogens (primary N) is 1. The minimum absolute atomic E-state index is 0.0167. The van der Waals surface area contributed by atoms with Gasteiger partial charge < -0.3 is 10.7 Å². The summed E-state index contributed by atoms with van der Waals surface area (Å²) in [6.07, 6.45) is 1.10. The van der Waals surface area contributed by atoms with Gasteiger partial charge >= 0.3 is 0 Å². The monoisotopic (exact) mass is 289 g/mol. The largest absolute Gasteiger partial charge is 0.399 e. The summed E-state index contributed by atoms with van der Waals surface area (Å²) >= 11 is 6.30. The average Bonchev–Trinajstić information content (AvgIpc) is 2.28. The first-order valence-corrected chi connectivity index (χ1v) is 5.84. The highest BCUT2D eigenvalue weighted by atomic mass is 35.5. The smallest absolute Gasteiger partial charge is 0.270 e. The van der Waals surface area contributed by atoms with Crippen LogP contribution in [0.5, 0.6) is 0 Å². The molecule has 2 aromatic rings. The van der Waals surface area contributed by atoms with Crippen LogP contribution in [0.2, 0.25) is 5.02 Å². The van der Waals surface area contributed by atoms with Crippen molar-refractivity contribution < 1.29 is 8.78 Å². The first-order valence-electron chi connectivity index (χ1n) is 4.64. The first kappa shape index (κ1) is 12.8. The van der Waals surface area contributed by atoms with Crippen LogP contribution in [0.15, 0.2) is 33.2 Å². The summed E-state index contributed by atoms with van der Waals surface area (Å²) in [6.45, 7) is 0. The van der Waals surface area contributed by atoms with Crippen molar-refractivity contribution in [3.8, 4) is 0 Å². The van der Waals surface area contributed by atoms with Crippen LogP contribution in [-0.4, -0.2) is 9.97 Å². The lowest BCUT2D eigenvalue weighted by atomic mass is 10.3.